The summed E-state index contributed by atoms with van der Waals surface area (Å²) in [5.41, 5.74) is 1.90. The van der Waals surface area contributed by atoms with Crippen molar-refractivity contribution in [3.63, 3.8) is 0 Å². The minimum atomic E-state index is -0.710. The summed E-state index contributed by atoms with van der Waals surface area (Å²) in [5.74, 6) is -0.710. The fraction of sp³-hybridized carbons (Fsp3) is 0.200. The van der Waals surface area contributed by atoms with Crippen molar-refractivity contribution in [3.05, 3.63) is 44.2 Å². The number of hydrogen-bond acceptors (Lipinski definition) is 3. The summed E-state index contributed by atoms with van der Waals surface area (Å²) < 4.78 is 5.29. The van der Waals surface area contributed by atoms with E-state index in [1.807, 2.05) is 13.0 Å². The van der Waals surface area contributed by atoms with Crippen LogP contribution < -0.4 is 11.4 Å². The monoisotopic (exact) mass is 317 g/mol. The number of benzene rings is 1. The molecule has 78 valence electrons. The Bertz CT molecular complexity index is 627. The number of aromatic amines is 1. The summed E-state index contributed by atoms with van der Waals surface area (Å²) in [6, 6.07) is 3.70. The maximum Gasteiger partial charge on any atom is 0.419 e. The van der Waals surface area contributed by atoms with Crippen molar-refractivity contribution in [3.8, 4) is 0 Å². The quantitative estimate of drug-likeness (QED) is 0.643. The molecule has 2 aromatic rings. The Kier molecular flexibility index (Phi) is 2.64. The molecule has 15 heavy (non-hydrogen) atoms. The number of aromatic nitrogens is 1. The van der Waals surface area contributed by atoms with E-state index in [1.165, 1.54) is 0 Å². The first kappa shape index (κ1) is 10.4. The lowest BCUT2D eigenvalue weighted by molar-refractivity contribution is 0.460. The van der Waals surface area contributed by atoms with Gasteiger partial charge in [0.05, 0.1) is 10.9 Å². The molecule has 0 bridgehead atoms. The van der Waals surface area contributed by atoms with Crippen LogP contribution in [0.25, 0.3) is 10.9 Å². The van der Waals surface area contributed by atoms with Gasteiger partial charge in [-0.25, -0.2) is 9.59 Å². The lowest BCUT2D eigenvalue weighted by Gasteiger charge is -2.02. The highest BCUT2D eigenvalue weighted by Gasteiger charge is 2.06. The lowest BCUT2D eigenvalue weighted by Crippen LogP contribution is -2.15. The SMILES string of the molecule is Cc1cc(CI)cc2c(=O)oc(=O)[nH]c12. The van der Waals surface area contributed by atoms with Crippen LogP contribution in [-0.4, -0.2) is 4.98 Å². The molecule has 2 rings (SSSR count). The van der Waals surface area contributed by atoms with Crippen LogP contribution in [-0.2, 0) is 4.43 Å². The summed E-state index contributed by atoms with van der Waals surface area (Å²) >= 11 is 2.22. The van der Waals surface area contributed by atoms with Crippen molar-refractivity contribution in [2.45, 2.75) is 11.4 Å². The summed E-state index contributed by atoms with van der Waals surface area (Å²) in [7, 11) is 0. The van der Waals surface area contributed by atoms with Crippen molar-refractivity contribution >= 4 is 33.5 Å². The second-order valence-electron chi connectivity index (χ2n) is 3.27. The molecular formula is C10H8INO3. The van der Waals surface area contributed by atoms with Crippen molar-refractivity contribution in [2.75, 3.05) is 0 Å². The van der Waals surface area contributed by atoms with Crippen molar-refractivity contribution in [2.24, 2.45) is 0 Å². The third kappa shape index (κ3) is 1.83. The Morgan fingerprint density at radius 2 is 2.13 bits per heavy atom. The average Bonchev–Trinajstić information content (AvgIpc) is 2.19. The molecule has 0 spiro atoms. The predicted molar refractivity (Wildman–Crippen MR) is 65.6 cm³/mol. The molecule has 0 aliphatic carbocycles. The summed E-state index contributed by atoms with van der Waals surface area (Å²) in [6.45, 7) is 1.85. The van der Waals surface area contributed by atoms with Gasteiger partial charge in [0.25, 0.3) is 0 Å². The first-order valence-electron chi connectivity index (χ1n) is 4.34. The van der Waals surface area contributed by atoms with Crippen LogP contribution in [0, 0.1) is 6.92 Å². The second kappa shape index (κ2) is 3.80. The minimum Gasteiger partial charge on any atom is -0.372 e. The van der Waals surface area contributed by atoms with E-state index in [1.54, 1.807) is 6.07 Å². The number of alkyl halides is 1. The molecule has 0 saturated heterocycles. The number of halogens is 1. The van der Waals surface area contributed by atoms with Crippen molar-refractivity contribution in [1.82, 2.24) is 4.98 Å². The first-order chi connectivity index (χ1) is 7.11. The Morgan fingerprint density at radius 1 is 1.40 bits per heavy atom. The smallest absolute Gasteiger partial charge is 0.372 e. The molecular weight excluding hydrogens is 309 g/mol. The van der Waals surface area contributed by atoms with Gasteiger partial charge in [0.1, 0.15) is 0 Å². The number of rotatable bonds is 1. The van der Waals surface area contributed by atoms with Crippen LogP contribution in [0.15, 0.2) is 26.1 Å². The maximum absolute atomic E-state index is 11.4. The lowest BCUT2D eigenvalue weighted by atomic mass is 10.1. The Morgan fingerprint density at radius 3 is 2.80 bits per heavy atom. The van der Waals surface area contributed by atoms with E-state index in [0.717, 1.165) is 15.6 Å². The third-order valence-corrected chi connectivity index (χ3v) is 3.06. The zero-order valence-corrected chi connectivity index (χ0v) is 10.1. The van der Waals surface area contributed by atoms with Crippen molar-refractivity contribution < 1.29 is 4.42 Å². The Labute approximate surface area is 98.5 Å². The van der Waals surface area contributed by atoms with Gasteiger partial charge < -0.3 is 4.42 Å². The Hall–Kier alpha value is -1.11. The van der Waals surface area contributed by atoms with Crippen LogP contribution in [0.2, 0.25) is 0 Å². The van der Waals surface area contributed by atoms with Gasteiger partial charge in [-0.05, 0) is 24.1 Å². The van der Waals surface area contributed by atoms with Gasteiger partial charge >= 0.3 is 11.4 Å². The van der Waals surface area contributed by atoms with E-state index in [-0.39, 0.29) is 0 Å². The third-order valence-electron chi connectivity index (χ3n) is 2.18. The Balaban J connectivity index is 2.98. The van der Waals surface area contributed by atoms with Gasteiger partial charge in [-0.1, -0.05) is 28.7 Å². The van der Waals surface area contributed by atoms with Gasteiger partial charge in [-0.3, -0.25) is 4.98 Å². The molecule has 1 N–H and O–H groups in total. The summed E-state index contributed by atoms with van der Waals surface area (Å²) in [6.07, 6.45) is 0. The van der Waals surface area contributed by atoms with E-state index in [9.17, 15) is 9.59 Å². The molecule has 4 nitrogen and oxygen atoms in total. The standard InChI is InChI=1S/C10H8INO3/c1-5-2-6(4-11)3-7-8(5)12-10(14)15-9(7)13/h2-3H,4H2,1H3,(H,12,14). The molecule has 1 heterocycles. The topological polar surface area (TPSA) is 63.1 Å². The number of H-pyrrole nitrogens is 1. The molecule has 0 amide bonds. The van der Waals surface area contributed by atoms with Gasteiger partial charge in [-0.2, -0.15) is 0 Å². The number of nitrogens with one attached hydrogen (secondary N) is 1. The molecule has 0 atom stereocenters. The second-order valence-corrected chi connectivity index (χ2v) is 4.03. The summed E-state index contributed by atoms with van der Waals surface area (Å²) in [4.78, 5) is 24.9. The van der Waals surface area contributed by atoms with E-state index in [0.29, 0.717) is 10.9 Å². The van der Waals surface area contributed by atoms with Crippen LogP contribution in [0.4, 0.5) is 0 Å². The highest BCUT2D eigenvalue weighted by atomic mass is 127. The highest BCUT2D eigenvalue weighted by molar-refractivity contribution is 14.1. The fourth-order valence-corrected chi connectivity index (χ4v) is 1.97. The number of hydrogen-bond donors (Lipinski definition) is 1. The van der Waals surface area contributed by atoms with E-state index in [2.05, 4.69) is 32.0 Å². The molecule has 0 aliphatic heterocycles. The zero-order chi connectivity index (χ0) is 11.0. The molecule has 1 aromatic heterocycles. The van der Waals surface area contributed by atoms with Crippen LogP contribution >= 0.6 is 22.6 Å². The van der Waals surface area contributed by atoms with Crippen molar-refractivity contribution in [1.29, 1.82) is 0 Å². The van der Waals surface area contributed by atoms with Gasteiger partial charge in [0.2, 0.25) is 0 Å². The van der Waals surface area contributed by atoms with Gasteiger partial charge in [0.15, 0.2) is 0 Å². The highest BCUT2D eigenvalue weighted by Crippen LogP contribution is 2.16. The van der Waals surface area contributed by atoms with E-state index < -0.39 is 11.4 Å². The molecule has 5 heteroatoms. The molecule has 0 fully saturated rings. The molecule has 0 radical (unpaired) electrons. The molecule has 1 aromatic carbocycles. The molecule has 0 unspecified atom stereocenters. The van der Waals surface area contributed by atoms with Crippen LogP contribution in [0.5, 0.6) is 0 Å². The largest absolute Gasteiger partial charge is 0.419 e. The van der Waals surface area contributed by atoms with E-state index in [4.69, 9.17) is 0 Å². The minimum absolute atomic E-state index is 0.432. The normalized spacial score (nSPS) is 10.8. The van der Waals surface area contributed by atoms with Gasteiger partial charge in [-0.15, -0.1) is 0 Å². The molecule has 0 saturated carbocycles. The predicted octanol–water partition coefficient (Wildman–Crippen LogP) is 1.72. The fourth-order valence-electron chi connectivity index (χ4n) is 1.53. The molecule has 0 aliphatic rings. The maximum atomic E-state index is 11.4. The average molecular weight is 317 g/mol. The number of aryl methyl sites for hydroxylation is 1. The van der Waals surface area contributed by atoms with Crippen LogP contribution in [0.3, 0.4) is 0 Å². The first-order valence-corrected chi connectivity index (χ1v) is 5.87. The van der Waals surface area contributed by atoms with Gasteiger partial charge in [0, 0.05) is 4.43 Å². The summed E-state index contributed by atoms with van der Waals surface area (Å²) in [5, 5.41) is 0.432. The van der Waals surface area contributed by atoms with Crippen LogP contribution in [0.1, 0.15) is 11.1 Å². The van der Waals surface area contributed by atoms with E-state index >= 15 is 0 Å². The number of fused-ring (bicyclic) bond motifs is 1. The zero-order valence-electron chi connectivity index (χ0n) is 7.96.